The van der Waals surface area contributed by atoms with Gasteiger partial charge in [-0.15, -0.1) is 11.8 Å². The number of carbonyl (C=O) groups excluding carboxylic acids is 1. The second kappa shape index (κ2) is 18.4. The Bertz CT molecular complexity index is 1520. The van der Waals surface area contributed by atoms with E-state index in [4.69, 9.17) is 14.5 Å². The van der Waals surface area contributed by atoms with Crippen molar-refractivity contribution in [3.8, 4) is 6.07 Å². The Morgan fingerprint density at radius 2 is 1.59 bits per heavy atom. The summed E-state index contributed by atoms with van der Waals surface area (Å²) in [5.74, 6) is 1.96. The van der Waals surface area contributed by atoms with E-state index in [0.717, 1.165) is 70.4 Å². The number of fused-ring (bicyclic) bond motifs is 3. The smallest absolute Gasteiger partial charge is 0.238 e. The van der Waals surface area contributed by atoms with Crippen molar-refractivity contribution in [1.29, 1.82) is 5.26 Å². The molecule has 6 aliphatic heterocycles. The lowest BCUT2D eigenvalue weighted by Gasteiger charge is -2.45. The molecule has 3 aliphatic carbocycles. The van der Waals surface area contributed by atoms with Gasteiger partial charge in [0, 0.05) is 55.6 Å². The van der Waals surface area contributed by atoms with Gasteiger partial charge in [0.2, 0.25) is 5.91 Å². The van der Waals surface area contributed by atoms with E-state index >= 15 is 0 Å². The molecule has 11 unspecified atom stereocenters. The molecule has 5 N–H and O–H groups in total. The number of rotatable bonds is 8. The summed E-state index contributed by atoms with van der Waals surface area (Å²) >= 11 is 2.19. The Morgan fingerprint density at radius 3 is 2.29 bits per heavy atom. The highest BCUT2D eigenvalue weighted by atomic mass is 32.2. The Kier molecular flexibility index (Phi) is 13.4. The van der Waals surface area contributed by atoms with Crippen molar-refractivity contribution in [2.75, 3.05) is 33.3 Å². The van der Waals surface area contributed by atoms with Crippen molar-refractivity contribution in [3.05, 3.63) is 0 Å². The number of hydrazine groups is 2. The minimum absolute atomic E-state index is 0.0233. The molecule has 8 fully saturated rings. The van der Waals surface area contributed by atoms with Gasteiger partial charge in [0.1, 0.15) is 6.04 Å². The summed E-state index contributed by atoms with van der Waals surface area (Å²) in [6.07, 6.45) is 18.7. The summed E-state index contributed by atoms with van der Waals surface area (Å²) in [5, 5.41) is 13.9. The summed E-state index contributed by atoms with van der Waals surface area (Å²) in [7, 11) is 1.70. The molecule has 3 saturated carbocycles. The second-order valence-electron chi connectivity index (χ2n) is 20.5. The predicted molar refractivity (Wildman–Crippen MR) is 233 cm³/mol. The van der Waals surface area contributed by atoms with Crippen molar-refractivity contribution < 1.29 is 14.3 Å². The molecule has 5 saturated heterocycles. The molecule has 13 nitrogen and oxygen atoms in total. The van der Waals surface area contributed by atoms with Gasteiger partial charge in [-0.3, -0.25) is 19.6 Å². The molecule has 330 valence electrons. The number of ether oxygens (including phenoxy) is 2. The van der Waals surface area contributed by atoms with E-state index < -0.39 is 0 Å². The number of aliphatic imine (C=N–C) groups is 1. The van der Waals surface area contributed by atoms with Crippen molar-refractivity contribution in [3.63, 3.8) is 0 Å². The highest BCUT2D eigenvalue weighted by Gasteiger charge is 2.54. The number of methoxy groups -OCH3 is 1. The van der Waals surface area contributed by atoms with Gasteiger partial charge in [0.05, 0.1) is 60.2 Å². The molecule has 0 radical (unpaired) electrons. The molecule has 14 heteroatoms. The molecule has 12 atom stereocenters. The zero-order valence-corrected chi connectivity index (χ0v) is 37.6. The first-order valence-electron chi connectivity index (χ1n) is 24.0. The number of thioether (sulfide) groups is 1. The lowest BCUT2D eigenvalue weighted by Crippen LogP contribution is -2.62. The van der Waals surface area contributed by atoms with Crippen molar-refractivity contribution >= 4 is 23.4 Å². The molecule has 6 heterocycles. The zero-order chi connectivity index (χ0) is 40.8. The molecule has 9 aliphatic rings. The van der Waals surface area contributed by atoms with Crippen LogP contribution in [-0.4, -0.2) is 131 Å². The van der Waals surface area contributed by atoms with E-state index in [-0.39, 0.29) is 54.4 Å². The maximum absolute atomic E-state index is 13.3. The van der Waals surface area contributed by atoms with Crippen LogP contribution in [0.5, 0.6) is 0 Å². The Labute approximate surface area is 359 Å². The van der Waals surface area contributed by atoms with Crippen LogP contribution in [0.4, 0.5) is 0 Å². The highest BCUT2D eigenvalue weighted by molar-refractivity contribution is 8.00. The summed E-state index contributed by atoms with van der Waals surface area (Å²) in [6.45, 7) is 14.4. The first-order chi connectivity index (χ1) is 28.6. The molecule has 0 aromatic carbocycles. The normalized spacial score (nSPS) is 45.9. The standard InChI is InChI=1S/C45H76N10O3S/c1-27-29(3)59-44-40(27)41(47-28(2)42-52-49-30(4)55(42)44)31-6-11-34(12-7-31)53-21-18-45(19-22-53)20-23-54(26-45)39-17-16-37(50-51-39)43(56)48-33-9-14-35(15-10-33)58-36-13-8-32(25-46)38(24-36)57-5/h27-40,42,44,49-52H,6-24,26H2,1-5H3,(H,48,56)/t27?,28-,29?,30?,31?,32?,33?,34?,35?,36?,37?,38?,39?,40?,42?,44?/m0/s1. The summed E-state index contributed by atoms with van der Waals surface area (Å²) in [5.41, 5.74) is 16.1. The Hall–Kier alpha value is -1.38. The van der Waals surface area contributed by atoms with Gasteiger partial charge in [-0.25, -0.2) is 21.7 Å². The summed E-state index contributed by atoms with van der Waals surface area (Å²) < 4.78 is 12.1. The third kappa shape index (κ3) is 8.92. The number of carbonyl (C=O) groups is 1. The number of nitrogens with one attached hydrogen (secondary N) is 5. The van der Waals surface area contributed by atoms with Crippen LogP contribution in [0.1, 0.15) is 130 Å². The Balaban J connectivity index is 0.685. The number of amides is 1. The molecule has 0 aromatic rings. The van der Waals surface area contributed by atoms with Crippen molar-refractivity contribution in [1.82, 2.24) is 41.7 Å². The van der Waals surface area contributed by atoms with E-state index in [1.807, 2.05) is 0 Å². The van der Waals surface area contributed by atoms with Gasteiger partial charge >= 0.3 is 0 Å². The molecule has 9 rings (SSSR count). The highest BCUT2D eigenvalue weighted by Crippen LogP contribution is 2.51. The average molecular weight is 837 g/mol. The lowest BCUT2D eigenvalue weighted by atomic mass is 9.73. The first-order valence-corrected chi connectivity index (χ1v) is 24.9. The van der Waals surface area contributed by atoms with Gasteiger partial charge in [-0.05, 0) is 141 Å². The van der Waals surface area contributed by atoms with Gasteiger partial charge in [0.15, 0.2) is 0 Å². The van der Waals surface area contributed by atoms with E-state index in [2.05, 4.69) is 87.2 Å². The largest absolute Gasteiger partial charge is 0.380 e. The van der Waals surface area contributed by atoms with Gasteiger partial charge in [-0.1, -0.05) is 13.8 Å². The third-order valence-corrected chi connectivity index (χ3v) is 18.8. The number of piperidine rings is 1. The van der Waals surface area contributed by atoms with Crippen LogP contribution in [-0.2, 0) is 14.3 Å². The van der Waals surface area contributed by atoms with Crippen LogP contribution in [0.2, 0.25) is 0 Å². The van der Waals surface area contributed by atoms with Crippen molar-refractivity contribution in [2.45, 2.75) is 202 Å². The molecule has 0 bridgehead atoms. The molecule has 1 spiro atoms. The zero-order valence-electron chi connectivity index (χ0n) is 36.7. The van der Waals surface area contributed by atoms with Crippen LogP contribution in [0.25, 0.3) is 0 Å². The second-order valence-corrected chi connectivity index (χ2v) is 22.0. The van der Waals surface area contributed by atoms with Crippen LogP contribution in [0.3, 0.4) is 0 Å². The number of hydrogen-bond acceptors (Lipinski definition) is 13. The fourth-order valence-electron chi connectivity index (χ4n) is 13.2. The number of nitriles is 1. The quantitative estimate of drug-likeness (QED) is 0.232. The van der Waals surface area contributed by atoms with Crippen LogP contribution < -0.4 is 27.0 Å². The fourth-order valence-corrected chi connectivity index (χ4v) is 15.1. The topological polar surface area (TPSA) is 142 Å². The Morgan fingerprint density at radius 1 is 0.864 bits per heavy atom. The van der Waals surface area contributed by atoms with Gasteiger partial charge in [0.25, 0.3) is 0 Å². The molecular formula is C45H76N10O3S. The first kappa shape index (κ1) is 42.9. The molecular weight excluding hydrogens is 761 g/mol. The number of likely N-dealkylation sites (tertiary alicyclic amines) is 2. The summed E-state index contributed by atoms with van der Waals surface area (Å²) in [6, 6.07) is 3.42. The molecule has 0 aromatic heterocycles. The number of nitrogens with zero attached hydrogens (tertiary/aromatic N) is 5. The SMILES string of the molecule is COC1CC(OC2CCC(NC(=O)C3CCC(N4CCC5(CCN(C6CCC(C7=N[C@@H](C)C8NNC(C)N8C8SC(C)C(C)C78)CC6)CC5)C4)NN3)CC2)CCC1C#N. The average Bonchev–Trinajstić information content (AvgIpc) is 3.92. The van der Waals surface area contributed by atoms with E-state index in [1.54, 1.807) is 12.8 Å². The molecule has 1 amide bonds. The summed E-state index contributed by atoms with van der Waals surface area (Å²) in [4.78, 5) is 27.2. The minimum atomic E-state index is -0.185. The lowest BCUT2D eigenvalue weighted by molar-refractivity contribution is -0.126. The van der Waals surface area contributed by atoms with E-state index in [0.29, 0.717) is 46.1 Å². The van der Waals surface area contributed by atoms with Crippen LogP contribution in [0, 0.1) is 40.4 Å². The molecule has 59 heavy (non-hydrogen) atoms. The van der Waals surface area contributed by atoms with Crippen LogP contribution >= 0.6 is 11.8 Å². The van der Waals surface area contributed by atoms with Gasteiger partial charge in [-0.2, -0.15) is 5.26 Å². The van der Waals surface area contributed by atoms with E-state index in [9.17, 15) is 10.1 Å². The maximum atomic E-state index is 13.3. The number of hydrogen-bond donors (Lipinski definition) is 5. The monoisotopic (exact) mass is 837 g/mol. The minimum Gasteiger partial charge on any atom is -0.380 e. The fraction of sp³-hybridized carbons (Fsp3) is 0.933. The van der Waals surface area contributed by atoms with Crippen molar-refractivity contribution in [2.24, 2.45) is 34.1 Å². The maximum Gasteiger partial charge on any atom is 0.238 e. The van der Waals surface area contributed by atoms with Crippen LogP contribution in [0.15, 0.2) is 4.99 Å². The van der Waals surface area contributed by atoms with Gasteiger partial charge < -0.3 is 19.7 Å². The predicted octanol–water partition coefficient (Wildman–Crippen LogP) is 4.71. The third-order valence-electron chi connectivity index (χ3n) is 17.1. The van der Waals surface area contributed by atoms with E-state index in [1.165, 1.54) is 64.6 Å².